The number of ether oxygens (including phenoxy) is 1. The topological polar surface area (TPSA) is 32.8 Å². The number of hydrogen-bond donors (Lipinski definition) is 0. The zero-order valence-corrected chi connectivity index (χ0v) is 18.1. The first-order valence-corrected chi connectivity index (χ1v) is 10.9. The van der Waals surface area contributed by atoms with Gasteiger partial charge in [0, 0.05) is 26.2 Å². The van der Waals surface area contributed by atoms with E-state index in [0.29, 0.717) is 12.3 Å². The SMILES string of the molecule is CCN(C[C@@H]1CCCN(CCc2cccc(F)c2)C1)C(=O)Cc1ccc(OC)cc1. The molecule has 1 aliphatic rings. The number of carbonyl (C=O) groups is 1. The van der Waals surface area contributed by atoms with E-state index < -0.39 is 0 Å². The van der Waals surface area contributed by atoms with E-state index in [1.54, 1.807) is 19.2 Å². The Balaban J connectivity index is 1.49. The molecule has 0 unspecified atom stereocenters. The van der Waals surface area contributed by atoms with Gasteiger partial charge in [0.05, 0.1) is 13.5 Å². The van der Waals surface area contributed by atoms with Crippen molar-refractivity contribution in [3.8, 4) is 5.75 Å². The van der Waals surface area contributed by atoms with E-state index in [4.69, 9.17) is 4.74 Å². The van der Waals surface area contributed by atoms with Crippen LogP contribution in [0, 0.1) is 11.7 Å². The molecular formula is C25H33FN2O2. The molecule has 0 saturated carbocycles. The summed E-state index contributed by atoms with van der Waals surface area (Å²) in [5.41, 5.74) is 2.06. The van der Waals surface area contributed by atoms with E-state index in [2.05, 4.69) is 11.8 Å². The molecule has 1 saturated heterocycles. The van der Waals surface area contributed by atoms with Crippen molar-refractivity contribution in [3.05, 3.63) is 65.5 Å². The lowest BCUT2D eigenvalue weighted by Crippen LogP contribution is -2.43. The highest BCUT2D eigenvalue weighted by molar-refractivity contribution is 5.78. The lowest BCUT2D eigenvalue weighted by molar-refractivity contribution is -0.131. The first-order chi connectivity index (χ1) is 14.6. The third-order valence-corrected chi connectivity index (χ3v) is 5.94. The standard InChI is InChI=1S/C25H33FN2O2/c1-3-28(25(29)17-21-9-11-24(30-2)12-10-21)19-22-7-5-14-27(18-22)15-13-20-6-4-8-23(26)16-20/h4,6,8-12,16,22H,3,5,7,13-15,17-19H2,1-2H3/t22-/m1/s1. The van der Waals surface area contributed by atoms with E-state index in [0.717, 1.165) is 68.9 Å². The first kappa shape index (κ1) is 22.3. The van der Waals surface area contributed by atoms with Crippen LogP contribution < -0.4 is 4.74 Å². The van der Waals surface area contributed by atoms with Crippen molar-refractivity contribution < 1.29 is 13.9 Å². The Morgan fingerprint density at radius 3 is 2.70 bits per heavy atom. The number of hydrogen-bond acceptors (Lipinski definition) is 3. The van der Waals surface area contributed by atoms with Gasteiger partial charge in [0.2, 0.25) is 5.91 Å². The van der Waals surface area contributed by atoms with Gasteiger partial charge in [-0.15, -0.1) is 0 Å². The van der Waals surface area contributed by atoms with Crippen molar-refractivity contribution in [2.45, 2.75) is 32.6 Å². The summed E-state index contributed by atoms with van der Waals surface area (Å²) in [6.07, 6.45) is 3.59. The lowest BCUT2D eigenvalue weighted by atomic mass is 9.96. The highest BCUT2D eigenvalue weighted by Gasteiger charge is 2.23. The van der Waals surface area contributed by atoms with Crippen LogP contribution in [0.4, 0.5) is 4.39 Å². The summed E-state index contributed by atoms with van der Waals surface area (Å²) < 4.78 is 18.6. The Labute approximate surface area is 179 Å². The average Bonchev–Trinajstić information content (AvgIpc) is 2.77. The molecule has 0 radical (unpaired) electrons. The number of benzene rings is 2. The van der Waals surface area contributed by atoms with Crippen molar-refractivity contribution in [3.63, 3.8) is 0 Å². The van der Waals surface area contributed by atoms with Crippen molar-refractivity contribution >= 4 is 5.91 Å². The summed E-state index contributed by atoms with van der Waals surface area (Å²) in [5.74, 6) is 1.31. The van der Waals surface area contributed by atoms with Crippen LogP contribution in [0.15, 0.2) is 48.5 Å². The average molecular weight is 413 g/mol. The molecule has 5 heteroatoms. The molecular weight excluding hydrogens is 379 g/mol. The number of nitrogens with zero attached hydrogens (tertiary/aromatic N) is 2. The predicted molar refractivity (Wildman–Crippen MR) is 118 cm³/mol. The molecule has 1 amide bonds. The summed E-state index contributed by atoms with van der Waals surface area (Å²) in [6.45, 7) is 6.61. The number of rotatable bonds is 9. The second kappa shape index (κ2) is 11.1. The van der Waals surface area contributed by atoms with Crippen LogP contribution in [-0.2, 0) is 17.6 Å². The number of amides is 1. The van der Waals surface area contributed by atoms with Crippen molar-refractivity contribution in [1.29, 1.82) is 0 Å². The lowest BCUT2D eigenvalue weighted by Gasteiger charge is -2.35. The van der Waals surface area contributed by atoms with Gasteiger partial charge in [0.15, 0.2) is 0 Å². The molecule has 30 heavy (non-hydrogen) atoms. The summed E-state index contributed by atoms with van der Waals surface area (Å²) in [4.78, 5) is 17.3. The largest absolute Gasteiger partial charge is 0.497 e. The van der Waals surface area contributed by atoms with Gasteiger partial charge >= 0.3 is 0 Å². The Morgan fingerprint density at radius 2 is 2.00 bits per heavy atom. The molecule has 1 fully saturated rings. The van der Waals surface area contributed by atoms with Gasteiger partial charge in [-0.1, -0.05) is 24.3 Å². The van der Waals surface area contributed by atoms with Gasteiger partial charge in [-0.25, -0.2) is 4.39 Å². The van der Waals surface area contributed by atoms with E-state index in [9.17, 15) is 9.18 Å². The second-order valence-electron chi connectivity index (χ2n) is 8.15. The fourth-order valence-electron chi connectivity index (χ4n) is 4.23. The maximum Gasteiger partial charge on any atom is 0.226 e. The van der Waals surface area contributed by atoms with Crippen LogP contribution in [0.3, 0.4) is 0 Å². The minimum Gasteiger partial charge on any atom is -0.497 e. The highest BCUT2D eigenvalue weighted by Crippen LogP contribution is 2.19. The monoisotopic (exact) mass is 412 g/mol. The summed E-state index contributed by atoms with van der Waals surface area (Å²) >= 11 is 0. The number of halogens is 1. The molecule has 3 rings (SSSR count). The van der Waals surface area contributed by atoms with Gasteiger partial charge in [-0.2, -0.15) is 0 Å². The van der Waals surface area contributed by atoms with E-state index >= 15 is 0 Å². The number of likely N-dealkylation sites (tertiary alicyclic amines) is 1. The van der Waals surface area contributed by atoms with E-state index in [1.807, 2.05) is 35.2 Å². The maximum absolute atomic E-state index is 13.4. The molecule has 0 N–H and O–H groups in total. The molecule has 2 aromatic rings. The molecule has 1 atom stereocenters. The van der Waals surface area contributed by atoms with E-state index in [-0.39, 0.29) is 11.7 Å². The zero-order chi connectivity index (χ0) is 21.3. The van der Waals surface area contributed by atoms with Crippen molar-refractivity contribution in [2.24, 2.45) is 5.92 Å². The Bertz CT molecular complexity index is 809. The van der Waals surface area contributed by atoms with Crippen LogP contribution >= 0.6 is 0 Å². The van der Waals surface area contributed by atoms with Crippen molar-refractivity contribution in [1.82, 2.24) is 9.80 Å². The smallest absolute Gasteiger partial charge is 0.226 e. The number of carbonyl (C=O) groups excluding carboxylic acids is 1. The third-order valence-electron chi connectivity index (χ3n) is 5.94. The van der Waals surface area contributed by atoms with Crippen molar-refractivity contribution in [2.75, 3.05) is 39.8 Å². The van der Waals surface area contributed by atoms with Crippen LogP contribution in [0.25, 0.3) is 0 Å². The Morgan fingerprint density at radius 1 is 1.20 bits per heavy atom. The molecule has 1 heterocycles. The molecule has 162 valence electrons. The van der Waals surface area contributed by atoms with Crippen LogP contribution in [0.5, 0.6) is 5.75 Å². The Hall–Kier alpha value is -2.40. The maximum atomic E-state index is 13.4. The zero-order valence-electron chi connectivity index (χ0n) is 18.1. The normalized spacial score (nSPS) is 17.0. The van der Waals surface area contributed by atoms with Crippen LogP contribution in [-0.4, -0.2) is 55.5 Å². The summed E-state index contributed by atoms with van der Waals surface area (Å²) in [5, 5.41) is 0. The van der Waals surface area contributed by atoms with E-state index in [1.165, 1.54) is 6.07 Å². The Kier molecular flexibility index (Phi) is 8.26. The van der Waals surface area contributed by atoms with Gasteiger partial charge in [-0.3, -0.25) is 4.79 Å². The molecule has 2 aromatic carbocycles. The van der Waals surface area contributed by atoms with Crippen LogP contribution in [0.1, 0.15) is 30.9 Å². The summed E-state index contributed by atoms with van der Waals surface area (Å²) in [6, 6.07) is 14.6. The fourth-order valence-corrected chi connectivity index (χ4v) is 4.23. The fraction of sp³-hybridized carbons (Fsp3) is 0.480. The predicted octanol–water partition coefficient (Wildman–Crippen LogP) is 4.18. The van der Waals surface area contributed by atoms with Gasteiger partial charge in [0.1, 0.15) is 11.6 Å². The minimum absolute atomic E-state index is 0.169. The van der Waals surface area contributed by atoms with Gasteiger partial charge in [-0.05, 0) is 74.0 Å². The molecule has 1 aliphatic heterocycles. The molecule has 4 nitrogen and oxygen atoms in total. The molecule has 0 aliphatic carbocycles. The third kappa shape index (κ3) is 6.56. The number of piperidine rings is 1. The molecule has 0 spiro atoms. The van der Waals surface area contributed by atoms with Gasteiger partial charge in [0.25, 0.3) is 0 Å². The highest BCUT2D eigenvalue weighted by atomic mass is 19.1. The second-order valence-corrected chi connectivity index (χ2v) is 8.15. The van der Waals surface area contributed by atoms with Gasteiger partial charge < -0.3 is 14.5 Å². The number of likely N-dealkylation sites (N-methyl/N-ethyl adjacent to an activating group) is 1. The molecule has 0 bridgehead atoms. The quantitative estimate of drug-likeness (QED) is 0.619. The minimum atomic E-state index is -0.169. The van der Waals surface area contributed by atoms with Crippen LogP contribution in [0.2, 0.25) is 0 Å². The number of methoxy groups -OCH3 is 1. The summed E-state index contributed by atoms with van der Waals surface area (Å²) in [7, 11) is 1.64. The molecule has 0 aromatic heterocycles. The first-order valence-electron chi connectivity index (χ1n) is 10.9.